The summed E-state index contributed by atoms with van der Waals surface area (Å²) in [4.78, 5) is 7.05. The summed E-state index contributed by atoms with van der Waals surface area (Å²) in [7, 11) is 0. The number of rotatable bonds is 2. The number of nitrogens with two attached hydrogens (primary N) is 1. The van der Waals surface area contributed by atoms with Gasteiger partial charge in [-0.05, 0) is 25.0 Å². The van der Waals surface area contributed by atoms with Crippen molar-refractivity contribution in [2.75, 3.05) is 18.0 Å². The molecule has 5 heteroatoms. The SMILES string of the molecule is NC(=NO)c1cc(N2CCCCCC2)nc2ccccc12. The lowest BCUT2D eigenvalue weighted by atomic mass is 10.1. The zero-order chi connectivity index (χ0) is 14.7. The molecule has 3 N–H and O–H groups in total. The summed E-state index contributed by atoms with van der Waals surface area (Å²) in [6, 6.07) is 9.73. The molecule has 1 aromatic heterocycles. The van der Waals surface area contributed by atoms with Crippen molar-refractivity contribution < 1.29 is 5.21 Å². The molecule has 0 amide bonds. The van der Waals surface area contributed by atoms with Crippen molar-refractivity contribution in [1.29, 1.82) is 0 Å². The Morgan fingerprint density at radius 2 is 1.86 bits per heavy atom. The minimum Gasteiger partial charge on any atom is -0.409 e. The van der Waals surface area contributed by atoms with Crippen LogP contribution in [0.25, 0.3) is 10.9 Å². The summed E-state index contributed by atoms with van der Waals surface area (Å²) in [5.41, 5.74) is 7.46. The maximum atomic E-state index is 9.02. The minimum absolute atomic E-state index is 0.129. The highest BCUT2D eigenvalue weighted by molar-refractivity contribution is 6.08. The Morgan fingerprint density at radius 3 is 2.57 bits per heavy atom. The fraction of sp³-hybridized carbons (Fsp3) is 0.375. The number of hydrogen-bond acceptors (Lipinski definition) is 4. The average molecular weight is 284 g/mol. The number of nitrogens with zero attached hydrogens (tertiary/aromatic N) is 3. The van der Waals surface area contributed by atoms with Crippen LogP contribution in [0.1, 0.15) is 31.2 Å². The van der Waals surface area contributed by atoms with Gasteiger partial charge in [0.15, 0.2) is 5.84 Å². The summed E-state index contributed by atoms with van der Waals surface area (Å²) in [6.07, 6.45) is 4.93. The van der Waals surface area contributed by atoms with Crippen molar-refractivity contribution in [2.45, 2.75) is 25.7 Å². The predicted octanol–water partition coefficient (Wildman–Crippen LogP) is 2.71. The molecular formula is C16H20N4O. The topological polar surface area (TPSA) is 74.7 Å². The molecule has 1 aliphatic heterocycles. The summed E-state index contributed by atoms with van der Waals surface area (Å²) in [5.74, 6) is 1.04. The molecule has 1 aromatic carbocycles. The molecular weight excluding hydrogens is 264 g/mol. The molecule has 0 unspecified atom stereocenters. The molecule has 0 bridgehead atoms. The molecule has 3 rings (SSSR count). The molecule has 21 heavy (non-hydrogen) atoms. The zero-order valence-corrected chi connectivity index (χ0v) is 12.0. The zero-order valence-electron chi connectivity index (χ0n) is 12.0. The lowest BCUT2D eigenvalue weighted by molar-refractivity contribution is 0.318. The molecule has 2 aromatic rings. The first-order chi connectivity index (χ1) is 10.3. The van der Waals surface area contributed by atoms with E-state index < -0.39 is 0 Å². The molecule has 2 heterocycles. The Bertz CT molecular complexity index is 660. The number of fused-ring (bicyclic) bond motifs is 1. The number of oxime groups is 1. The third-order valence-electron chi connectivity index (χ3n) is 4.02. The summed E-state index contributed by atoms with van der Waals surface area (Å²) in [5, 5.41) is 13.1. The predicted molar refractivity (Wildman–Crippen MR) is 84.9 cm³/mol. The van der Waals surface area contributed by atoms with E-state index in [0.29, 0.717) is 0 Å². The highest BCUT2D eigenvalue weighted by Gasteiger charge is 2.15. The molecule has 0 atom stereocenters. The van der Waals surface area contributed by atoms with Gasteiger partial charge in [-0.15, -0.1) is 0 Å². The van der Waals surface area contributed by atoms with Crippen LogP contribution in [0, 0.1) is 0 Å². The second-order valence-electron chi connectivity index (χ2n) is 5.43. The Labute approximate surface area is 124 Å². The standard InChI is InChI=1S/C16H20N4O/c17-16(19-21)13-11-15(20-9-5-1-2-6-10-20)18-14-8-4-3-7-12(13)14/h3-4,7-8,11,21H,1-2,5-6,9-10H2,(H2,17,19). The van der Waals surface area contributed by atoms with Gasteiger partial charge in [0.05, 0.1) is 5.52 Å². The van der Waals surface area contributed by atoms with E-state index in [1.807, 2.05) is 30.3 Å². The van der Waals surface area contributed by atoms with E-state index in [0.717, 1.165) is 35.4 Å². The quantitative estimate of drug-likeness (QED) is 0.385. The molecule has 0 spiro atoms. The molecule has 0 saturated carbocycles. The Hall–Kier alpha value is -2.30. The fourth-order valence-electron chi connectivity index (χ4n) is 2.89. The van der Waals surface area contributed by atoms with Crippen molar-refractivity contribution in [2.24, 2.45) is 10.9 Å². The first-order valence-electron chi connectivity index (χ1n) is 7.42. The van der Waals surface area contributed by atoms with Gasteiger partial charge in [-0.1, -0.05) is 36.2 Å². The van der Waals surface area contributed by atoms with Crippen LogP contribution in [0.4, 0.5) is 5.82 Å². The van der Waals surface area contributed by atoms with E-state index in [2.05, 4.69) is 10.1 Å². The number of para-hydroxylation sites is 1. The maximum absolute atomic E-state index is 9.02. The largest absolute Gasteiger partial charge is 0.409 e. The van der Waals surface area contributed by atoms with Crippen LogP contribution >= 0.6 is 0 Å². The maximum Gasteiger partial charge on any atom is 0.170 e. The van der Waals surface area contributed by atoms with E-state index in [-0.39, 0.29) is 5.84 Å². The van der Waals surface area contributed by atoms with Crippen molar-refractivity contribution >= 4 is 22.6 Å². The van der Waals surface area contributed by atoms with Gasteiger partial charge in [-0.25, -0.2) is 4.98 Å². The van der Waals surface area contributed by atoms with Crippen molar-refractivity contribution in [1.82, 2.24) is 4.98 Å². The monoisotopic (exact) mass is 284 g/mol. The van der Waals surface area contributed by atoms with E-state index >= 15 is 0 Å². The Morgan fingerprint density at radius 1 is 1.14 bits per heavy atom. The van der Waals surface area contributed by atoms with Crippen molar-refractivity contribution in [3.8, 4) is 0 Å². The van der Waals surface area contributed by atoms with Gasteiger partial charge in [0.25, 0.3) is 0 Å². The summed E-state index contributed by atoms with van der Waals surface area (Å²) < 4.78 is 0. The van der Waals surface area contributed by atoms with E-state index in [4.69, 9.17) is 15.9 Å². The minimum atomic E-state index is 0.129. The van der Waals surface area contributed by atoms with Crippen LogP contribution in [0.5, 0.6) is 0 Å². The summed E-state index contributed by atoms with van der Waals surface area (Å²) in [6.45, 7) is 2.03. The van der Waals surface area contributed by atoms with E-state index in [1.54, 1.807) is 0 Å². The number of amidine groups is 1. The van der Waals surface area contributed by atoms with Crippen molar-refractivity contribution in [3.05, 3.63) is 35.9 Å². The van der Waals surface area contributed by atoms with Gasteiger partial charge in [0.2, 0.25) is 0 Å². The number of hydrogen-bond donors (Lipinski definition) is 2. The molecule has 0 aliphatic carbocycles. The lowest BCUT2D eigenvalue weighted by Gasteiger charge is -2.22. The smallest absolute Gasteiger partial charge is 0.170 e. The van der Waals surface area contributed by atoms with Crippen LogP contribution in [-0.4, -0.2) is 29.1 Å². The van der Waals surface area contributed by atoms with Gasteiger partial charge in [-0.2, -0.15) is 0 Å². The number of pyridine rings is 1. The first kappa shape index (κ1) is 13.7. The van der Waals surface area contributed by atoms with Crippen LogP contribution in [0.2, 0.25) is 0 Å². The molecule has 110 valence electrons. The van der Waals surface area contributed by atoms with Crippen LogP contribution < -0.4 is 10.6 Å². The fourth-order valence-corrected chi connectivity index (χ4v) is 2.89. The summed E-state index contributed by atoms with van der Waals surface area (Å²) >= 11 is 0. The average Bonchev–Trinajstić information content (AvgIpc) is 2.82. The second-order valence-corrected chi connectivity index (χ2v) is 5.43. The van der Waals surface area contributed by atoms with Gasteiger partial charge in [0, 0.05) is 24.0 Å². The van der Waals surface area contributed by atoms with Crippen LogP contribution in [-0.2, 0) is 0 Å². The molecule has 1 aliphatic rings. The Kier molecular flexibility index (Phi) is 3.90. The van der Waals surface area contributed by atoms with Gasteiger partial charge < -0.3 is 15.8 Å². The molecule has 1 saturated heterocycles. The molecule has 5 nitrogen and oxygen atoms in total. The second kappa shape index (κ2) is 5.99. The van der Waals surface area contributed by atoms with Gasteiger partial charge >= 0.3 is 0 Å². The number of aromatic nitrogens is 1. The number of benzene rings is 1. The van der Waals surface area contributed by atoms with Crippen LogP contribution in [0.3, 0.4) is 0 Å². The first-order valence-corrected chi connectivity index (χ1v) is 7.42. The normalized spacial score (nSPS) is 17.0. The van der Waals surface area contributed by atoms with Crippen molar-refractivity contribution in [3.63, 3.8) is 0 Å². The van der Waals surface area contributed by atoms with Crippen LogP contribution in [0.15, 0.2) is 35.5 Å². The third kappa shape index (κ3) is 2.77. The van der Waals surface area contributed by atoms with Gasteiger partial charge in [-0.3, -0.25) is 0 Å². The van der Waals surface area contributed by atoms with E-state index in [1.165, 1.54) is 25.7 Å². The lowest BCUT2D eigenvalue weighted by Crippen LogP contribution is -2.25. The van der Waals surface area contributed by atoms with E-state index in [9.17, 15) is 0 Å². The molecule has 0 radical (unpaired) electrons. The highest BCUT2D eigenvalue weighted by atomic mass is 16.4. The number of anilines is 1. The third-order valence-corrected chi connectivity index (χ3v) is 4.02. The highest BCUT2D eigenvalue weighted by Crippen LogP contribution is 2.24. The van der Waals surface area contributed by atoms with Gasteiger partial charge in [0.1, 0.15) is 5.82 Å². The molecule has 1 fully saturated rings. The Balaban J connectivity index is 2.11.